The molecule has 84 valence electrons. The van der Waals surface area contributed by atoms with Crippen LogP contribution in [0.4, 0.5) is 5.82 Å². The molecule has 0 radical (unpaired) electrons. The van der Waals surface area contributed by atoms with Gasteiger partial charge in [-0.2, -0.15) is 0 Å². The van der Waals surface area contributed by atoms with Crippen LogP contribution in [0.15, 0.2) is 15.6 Å². The summed E-state index contributed by atoms with van der Waals surface area (Å²) in [5.74, 6) is 0.578. The van der Waals surface area contributed by atoms with Crippen molar-refractivity contribution in [2.75, 3.05) is 24.6 Å². The lowest BCUT2D eigenvalue weighted by Crippen LogP contribution is -2.30. The SMILES string of the molecule is CCCN(CCO)c1nc[nH]c(=O)c1Br. The summed E-state index contributed by atoms with van der Waals surface area (Å²) in [5, 5.41) is 8.91. The minimum atomic E-state index is -0.209. The molecule has 0 aliphatic heterocycles. The molecule has 0 bridgehead atoms. The van der Waals surface area contributed by atoms with E-state index in [2.05, 4.69) is 25.9 Å². The second-order valence-corrected chi connectivity index (χ2v) is 3.87. The van der Waals surface area contributed by atoms with Gasteiger partial charge < -0.3 is 15.0 Å². The Morgan fingerprint density at radius 1 is 1.60 bits per heavy atom. The zero-order chi connectivity index (χ0) is 11.3. The molecule has 0 unspecified atom stereocenters. The summed E-state index contributed by atoms with van der Waals surface area (Å²) in [5.41, 5.74) is -0.209. The Labute approximate surface area is 96.3 Å². The van der Waals surface area contributed by atoms with E-state index in [9.17, 15) is 4.79 Å². The predicted octanol–water partition coefficient (Wildman–Crippen LogP) is 0.741. The predicted molar refractivity (Wildman–Crippen MR) is 62.1 cm³/mol. The lowest BCUT2D eigenvalue weighted by Gasteiger charge is -2.22. The first kappa shape index (κ1) is 12.2. The molecule has 2 N–H and O–H groups in total. The molecule has 0 aromatic carbocycles. The Hall–Kier alpha value is -0.880. The molecule has 0 aliphatic carbocycles. The molecule has 0 atom stereocenters. The quantitative estimate of drug-likeness (QED) is 0.832. The summed E-state index contributed by atoms with van der Waals surface area (Å²) in [6.07, 6.45) is 2.30. The van der Waals surface area contributed by atoms with Crippen LogP contribution in [0, 0.1) is 0 Å². The fourth-order valence-electron chi connectivity index (χ4n) is 1.31. The number of rotatable bonds is 5. The van der Waals surface area contributed by atoms with Gasteiger partial charge in [0.2, 0.25) is 0 Å². The van der Waals surface area contributed by atoms with Crippen molar-refractivity contribution in [3.05, 3.63) is 21.2 Å². The fourth-order valence-corrected chi connectivity index (χ4v) is 1.78. The van der Waals surface area contributed by atoms with Crippen LogP contribution in [-0.2, 0) is 0 Å². The first-order chi connectivity index (χ1) is 7.20. The van der Waals surface area contributed by atoms with Gasteiger partial charge in [-0.3, -0.25) is 4.79 Å². The van der Waals surface area contributed by atoms with Crippen LogP contribution in [0.2, 0.25) is 0 Å². The molecular weight excluding hydrogens is 262 g/mol. The van der Waals surface area contributed by atoms with Crippen LogP contribution in [0.3, 0.4) is 0 Å². The summed E-state index contributed by atoms with van der Waals surface area (Å²) in [7, 11) is 0. The number of nitrogens with zero attached hydrogens (tertiary/aromatic N) is 2. The van der Waals surface area contributed by atoms with Crippen molar-refractivity contribution < 1.29 is 5.11 Å². The largest absolute Gasteiger partial charge is 0.395 e. The Bertz CT molecular complexity index is 361. The van der Waals surface area contributed by atoms with Gasteiger partial charge in [0, 0.05) is 13.1 Å². The van der Waals surface area contributed by atoms with Crippen LogP contribution in [0.1, 0.15) is 13.3 Å². The molecule has 0 saturated heterocycles. The standard InChI is InChI=1S/C9H14BrN3O2/c1-2-3-13(4-5-14)8-7(10)9(15)12-6-11-8/h6,14H,2-5H2,1H3,(H,11,12,15). The minimum Gasteiger partial charge on any atom is -0.395 e. The third-order valence-electron chi connectivity index (χ3n) is 1.94. The average molecular weight is 276 g/mol. The van der Waals surface area contributed by atoms with Crippen LogP contribution in [-0.4, -0.2) is 34.8 Å². The number of aromatic nitrogens is 2. The number of hydrogen-bond donors (Lipinski definition) is 2. The normalized spacial score (nSPS) is 10.3. The van der Waals surface area contributed by atoms with Gasteiger partial charge in [-0.05, 0) is 22.4 Å². The van der Waals surface area contributed by atoms with Gasteiger partial charge >= 0.3 is 0 Å². The molecular formula is C9H14BrN3O2. The molecule has 1 aromatic rings. The van der Waals surface area contributed by atoms with Crippen molar-refractivity contribution in [1.29, 1.82) is 0 Å². The fraction of sp³-hybridized carbons (Fsp3) is 0.556. The van der Waals surface area contributed by atoms with Gasteiger partial charge in [0.05, 0.1) is 12.9 Å². The van der Waals surface area contributed by atoms with Crippen LogP contribution in [0.25, 0.3) is 0 Å². The first-order valence-electron chi connectivity index (χ1n) is 4.79. The van der Waals surface area contributed by atoms with Gasteiger partial charge in [0.15, 0.2) is 0 Å². The Morgan fingerprint density at radius 3 is 2.93 bits per heavy atom. The highest BCUT2D eigenvalue weighted by molar-refractivity contribution is 9.10. The van der Waals surface area contributed by atoms with E-state index in [1.807, 2.05) is 11.8 Å². The first-order valence-corrected chi connectivity index (χ1v) is 5.59. The van der Waals surface area contributed by atoms with Crippen molar-refractivity contribution in [1.82, 2.24) is 9.97 Å². The van der Waals surface area contributed by atoms with E-state index in [0.29, 0.717) is 16.8 Å². The Kier molecular flexibility index (Phi) is 4.77. The molecule has 5 nitrogen and oxygen atoms in total. The molecule has 0 spiro atoms. The van der Waals surface area contributed by atoms with Gasteiger partial charge in [-0.15, -0.1) is 0 Å². The second-order valence-electron chi connectivity index (χ2n) is 3.08. The second kappa shape index (κ2) is 5.87. The number of aromatic amines is 1. The van der Waals surface area contributed by atoms with E-state index in [1.165, 1.54) is 6.33 Å². The topological polar surface area (TPSA) is 69.2 Å². The molecule has 0 aliphatic rings. The lowest BCUT2D eigenvalue weighted by molar-refractivity contribution is 0.301. The number of aliphatic hydroxyl groups excluding tert-OH is 1. The van der Waals surface area contributed by atoms with Crippen LogP contribution < -0.4 is 10.5 Å². The van der Waals surface area contributed by atoms with Crippen molar-refractivity contribution >= 4 is 21.7 Å². The Morgan fingerprint density at radius 2 is 2.33 bits per heavy atom. The number of aliphatic hydroxyl groups is 1. The highest BCUT2D eigenvalue weighted by Crippen LogP contribution is 2.18. The van der Waals surface area contributed by atoms with E-state index < -0.39 is 0 Å². The Balaban J connectivity index is 2.99. The smallest absolute Gasteiger partial charge is 0.267 e. The average Bonchev–Trinajstić information content (AvgIpc) is 2.22. The number of anilines is 1. The summed E-state index contributed by atoms with van der Waals surface area (Å²) >= 11 is 3.19. The maximum absolute atomic E-state index is 11.3. The van der Waals surface area contributed by atoms with Gasteiger partial charge in [-0.1, -0.05) is 6.92 Å². The lowest BCUT2D eigenvalue weighted by atomic mass is 10.4. The number of hydrogen-bond acceptors (Lipinski definition) is 4. The van der Waals surface area contributed by atoms with Gasteiger partial charge in [0.1, 0.15) is 10.3 Å². The van der Waals surface area contributed by atoms with Crippen molar-refractivity contribution in [3.8, 4) is 0 Å². The molecule has 0 saturated carbocycles. The summed E-state index contributed by atoms with van der Waals surface area (Å²) in [4.78, 5) is 19.8. The highest BCUT2D eigenvalue weighted by atomic mass is 79.9. The summed E-state index contributed by atoms with van der Waals surface area (Å²) in [6.45, 7) is 3.31. The number of nitrogens with one attached hydrogen (secondary N) is 1. The molecule has 15 heavy (non-hydrogen) atoms. The third kappa shape index (κ3) is 3.04. The zero-order valence-electron chi connectivity index (χ0n) is 8.53. The molecule has 1 aromatic heterocycles. The van der Waals surface area contributed by atoms with E-state index in [1.54, 1.807) is 0 Å². The highest BCUT2D eigenvalue weighted by Gasteiger charge is 2.12. The maximum Gasteiger partial charge on any atom is 0.267 e. The van der Waals surface area contributed by atoms with Gasteiger partial charge in [-0.25, -0.2) is 4.98 Å². The van der Waals surface area contributed by atoms with Crippen molar-refractivity contribution in [3.63, 3.8) is 0 Å². The maximum atomic E-state index is 11.3. The number of H-pyrrole nitrogens is 1. The molecule has 6 heteroatoms. The minimum absolute atomic E-state index is 0.0426. The van der Waals surface area contributed by atoms with Crippen LogP contribution >= 0.6 is 15.9 Å². The summed E-state index contributed by atoms with van der Waals surface area (Å²) in [6, 6.07) is 0. The van der Waals surface area contributed by atoms with E-state index in [0.717, 1.165) is 13.0 Å². The van der Waals surface area contributed by atoms with Crippen molar-refractivity contribution in [2.45, 2.75) is 13.3 Å². The van der Waals surface area contributed by atoms with Gasteiger partial charge in [0.25, 0.3) is 5.56 Å². The summed E-state index contributed by atoms with van der Waals surface area (Å²) < 4.78 is 0.409. The molecule has 0 fully saturated rings. The molecule has 1 heterocycles. The monoisotopic (exact) mass is 275 g/mol. The number of halogens is 1. The zero-order valence-corrected chi connectivity index (χ0v) is 10.1. The molecule has 1 rings (SSSR count). The third-order valence-corrected chi connectivity index (χ3v) is 2.66. The van der Waals surface area contributed by atoms with Crippen LogP contribution in [0.5, 0.6) is 0 Å². The van der Waals surface area contributed by atoms with E-state index in [4.69, 9.17) is 5.11 Å². The van der Waals surface area contributed by atoms with E-state index >= 15 is 0 Å². The van der Waals surface area contributed by atoms with Crippen molar-refractivity contribution in [2.24, 2.45) is 0 Å². The van der Waals surface area contributed by atoms with E-state index in [-0.39, 0.29) is 12.2 Å². The molecule has 0 amide bonds.